The SMILES string of the molecule is CCc1nc2ccc(NCCOC)cc2[nH]1. The Kier molecular flexibility index (Phi) is 3.41. The van der Waals surface area contributed by atoms with Crippen molar-refractivity contribution in [2.75, 3.05) is 25.6 Å². The Labute approximate surface area is 95.0 Å². The molecule has 0 unspecified atom stereocenters. The number of methoxy groups -OCH3 is 1. The summed E-state index contributed by atoms with van der Waals surface area (Å²) in [4.78, 5) is 7.75. The van der Waals surface area contributed by atoms with Crippen molar-refractivity contribution in [3.63, 3.8) is 0 Å². The second-order valence-corrected chi connectivity index (χ2v) is 3.69. The topological polar surface area (TPSA) is 49.9 Å². The van der Waals surface area contributed by atoms with Crippen molar-refractivity contribution in [2.24, 2.45) is 0 Å². The highest BCUT2D eigenvalue weighted by molar-refractivity contribution is 5.79. The number of nitrogens with one attached hydrogen (secondary N) is 2. The van der Waals surface area contributed by atoms with Crippen molar-refractivity contribution < 1.29 is 4.74 Å². The van der Waals surface area contributed by atoms with E-state index in [1.807, 2.05) is 12.1 Å². The normalized spacial score (nSPS) is 10.9. The predicted molar refractivity (Wildman–Crippen MR) is 65.8 cm³/mol. The number of ether oxygens (including phenoxy) is 1. The Morgan fingerprint density at radius 3 is 3.06 bits per heavy atom. The van der Waals surface area contributed by atoms with Gasteiger partial charge in [-0.3, -0.25) is 0 Å². The number of fused-ring (bicyclic) bond motifs is 1. The average molecular weight is 219 g/mol. The summed E-state index contributed by atoms with van der Waals surface area (Å²) >= 11 is 0. The highest BCUT2D eigenvalue weighted by Gasteiger charge is 2.01. The molecule has 1 aromatic heterocycles. The van der Waals surface area contributed by atoms with E-state index in [-0.39, 0.29) is 0 Å². The van der Waals surface area contributed by atoms with Crippen LogP contribution in [0.4, 0.5) is 5.69 Å². The molecule has 0 bridgehead atoms. The zero-order valence-electron chi connectivity index (χ0n) is 9.71. The van der Waals surface area contributed by atoms with Gasteiger partial charge in [0.2, 0.25) is 0 Å². The number of aryl methyl sites for hydroxylation is 1. The zero-order chi connectivity index (χ0) is 11.4. The molecule has 0 aliphatic heterocycles. The highest BCUT2D eigenvalue weighted by atomic mass is 16.5. The number of nitrogens with zero attached hydrogens (tertiary/aromatic N) is 1. The fraction of sp³-hybridized carbons (Fsp3) is 0.417. The van der Waals surface area contributed by atoms with Gasteiger partial charge in [0.15, 0.2) is 0 Å². The molecule has 16 heavy (non-hydrogen) atoms. The van der Waals surface area contributed by atoms with Gasteiger partial charge in [-0.2, -0.15) is 0 Å². The van der Waals surface area contributed by atoms with Crippen LogP contribution in [0.25, 0.3) is 11.0 Å². The smallest absolute Gasteiger partial charge is 0.106 e. The molecule has 0 saturated heterocycles. The van der Waals surface area contributed by atoms with E-state index in [1.165, 1.54) is 0 Å². The summed E-state index contributed by atoms with van der Waals surface area (Å²) in [5, 5.41) is 3.29. The van der Waals surface area contributed by atoms with E-state index in [0.29, 0.717) is 6.61 Å². The summed E-state index contributed by atoms with van der Waals surface area (Å²) in [7, 11) is 1.70. The number of hydrogen-bond donors (Lipinski definition) is 2. The van der Waals surface area contributed by atoms with Crippen LogP contribution in [0, 0.1) is 0 Å². The Morgan fingerprint density at radius 2 is 2.31 bits per heavy atom. The summed E-state index contributed by atoms with van der Waals surface area (Å²) in [6.07, 6.45) is 0.932. The van der Waals surface area contributed by atoms with Crippen LogP contribution in [0.15, 0.2) is 18.2 Å². The van der Waals surface area contributed by atoms with E-state index in [0.717, 1.165) is 35.5 Å². The third kappa shape index (κ3) is 2.33. The first-order valence-electron chi connectivity index (χ1n) is 5.55. The van der Waals surface area contributed by atoms with Crippen LogP contribution in [-0.2, 0) is 11.2 Å². The Balaban J connectivity index is 2.15. The summed E-state index contributed by atoms with van der Waals surface area (Å²) in [6.45, 7) is 3.62. The van der Waals surface area contributed by atoms with Gasteiger partial charge in [0.05, 0.1) is 17.6 Å². The second-order valence-electron chi connectivity index (χ2n) is 3.69. The molecule has 0 aliphatic rings. The zero-order valence-corrected chi connectivity index (χ0v) is 9.71. The molecule has 4 nitrogen and oxygen atoms in total. The van der Waals surface area contributed by atoms with Crippen molar-refractivity contribution in [1.82, 2.24) is 9.97 Å². The maximum atomic E-state index is 4.99. The minimum atomic E-state index is 0.710. The highest BCUT2D eigenvalue weighted by Crippen LogP contribution is 2.17. The molecule has 2 rings (SSSR count). The average Bonchev–Trinajstić information content (AvgIpc) is 2.71. The first-order valence-corrected chi connectivity index (χ1v) is 5.55. The lowest BCUT2D eigenvalue weighted by atomic mass is 10.3. The van der Waals surface area contributed by atoms with Gasteiger partial charge in [-0.25, -0.2) is 4.98 Å². The van der Waals surface area contributed by atoms with Crippen molar-refractivity contribution >= 4 is 16.7 Å². The molecule has 0 spiro atoms. The van der Waals surface area contributed by atoms with Gasteiger partial charge in [-0.05, 0) is 18.2 Å². The number of imidazole rings is 1. The standard InChI is InChI=1S/C12H17N3O/c1-3-12-14-10-5-4-9(8-11(10)15-12)13-6-7-16-2/h4-5,8,13H,3,6-7H2,1-2H3,(H,14,15). The van der Waals surface area contributed by atoms with Gasteiger partial charge in [-0.15, -0.1) is 0 Å². The molecule has 0 atom stereocenters. The van der Waals surface area contributed by atoms with E-state index < -0.39 is 0 Å². The molecule has 0 fully saturated rings. The van der Waals surface area contributed by atoms with Gasteiger partial charge >= 0.3 is 0 Å². The summed E-state index contributed by atoms with van der Waals surface area (Å²) in [5.41, 5.74) is 3.20. The number of hydrogen-bond acceptors (Lipinski definition) is 3. The molecule has 0 radical (unpaired) electrons. The number of aromatic amines is 1. The van der Waals surface area contributed by atoms with Crippen molar-refractivity contribution in [1.29, 1.82) is 0 Å². The molecule has 0 amide bonds. The third-order valence-corrected chi connectivity index (χ3v) is 2.50. The van der Waals surface area contributed by atoms with Crippen molar-refractivity contribution in [2.45, 2.75) is 13.3 Å². The van der Waals surface area contributed by atoms with Gasteiger partial charge in [0, 0.05) is 25.8 Å². The van der Waals surface area contributed by atoms with Crippen LogP contribution in [-0.4, -0.2) is 30.2 Å². The first-order chi connectivity index (χ1) is 7.83. The van der Waals surface area contributed by atoms with E-state index in [1.54, 1.807) is 7.11 Å². The fourth-order valence-corrected chi connectivity index (χ4v) is 1.64. The molecule has 1 heterocycles. The maximum absolute atomic E-state index is 4.99. The summed E-state index contributed by atoms with van der Waals surface area (Å²) < 4.78 is 4.99. The van der Waals surface area contributed by atoms with Crippen LogP contribution in [0.2, 0.25) is 0 Å². The summed E-state index contributed by atoms with van der Waals surface area (Å²) in [6, 6.07) is 6.15. The third-order valence-electron chi connectivity index (χ3n) is 2.50. The largest absolute Gasteiger partial charge is 0.383 e. The van der Waals surface area contributed by atoms with E-state index in [9.17, 15) is 0 Å². The number of aromatic nitrogens is 2. The first kappa shape index (κ1) is 11.0. The molecule has 2 N–H and O–H groups in total. The molecule has 86 valence electrons. The van der Waals surface area contributed by atoms with Crippen molar-refractivity contribution in [3.8, 4) is 0 Å². The monoisotopic (exact) mass is 219 g/mol. The minimum Gasteiger partial charge on any atom is -0.383 e. The number of anilines is 1. The van der Waals surface area contributed by atoms with E-state index >= 15 is 0 Å². The van der Waals surface area contributed by atoms with E-state index in [2.05, 4.69) is 28.3 Å². The molecular weight excluding hydrogens is 202 g/mol. The molecule has 2 aromatic rings. The van der Waals surface area contributed by atoms with Crippen LogP contribution in [0.3, 0.4) is 0 Å². The van der Waals surface area contributed by atoms with Crippen LogP contribution in [0.1, 0.15) is 12.7 Å². The lowest BCUT2D eigenvalue weighted by Gasteiger charge is -2.04. The van der Waals surface area contributed by atoms with Crippen molar-refractivity contribution in [3.05, 3.63) is 24.0 Å². The molecule has 0 aliphatic carbocycles. The van der Waals surface area contributed by atoms with Gasteiger partial charge in [-0.1, -0.05) is 6.92 Å². The maximum Gasteiger partial charge on any atom is 0.106 e. The van der Waals surface area contributed by atoms with Gasteiger partial charge in [0.25, 0.3) is 0 Å². The van der Waals surface area contributed by atoms with E-state index in [4.69, 9.17) is 4.74 Å². The quantitative estimate of drug-likeness (QED) is 0.758. The molecule has 0 saturated carbocycles. The summed E-state index contributed by atoms with van der Waals surface area (Å²) in [5.74, 6) is 1.03. The number of benzene rings is 1. The number of rotatable bonds is 5. The Morgan fingerprint density at radius 1 is 1.44 bits per heavy atom. The van der Waals surface area contributed by atoms with Gasteiger partial charge in [0.1, 0.15) is 5.82 Å². The lowest BCUT2D eigenvalue weighted by Crippen LogP contribution is -2.07. The van der Waals surface area contributed by atoms with Gasteiger partial charge < -0.3 is 15.0 Å². The lowest BCUT2D eigenvalue weighted by molar-refractivity contribution is 0.211. The number of H-pyrrole nitrogens is 1. The fourth-order valence-electron chi connectivity index (χ4n) is 1.64. The van der Waals surface area contributed by atoms with Crippen LogP contribution >= 0.6 is 0 Å². The Hall–Kier alpha value is -1.55. The second kappa shape index (κ2) is 4.99. The molecule has 1 aromatic carbocycles. The van der Waals surface area contributed by atoms with Crippen LogP contribution < -0.4 is 5.32 Å². The molecular formula is C12H17N3O. The molecule has 4 heteroatoms. The predicted octanol–water partition coefficient (Wildman–Crippen LogP) is 2.18. The van der Waals surface area contributed by atoms with Crippen LogP contribution in [0.5, 0.6) is 0 Å². The minimum absolute atomic E-state index is 0.710. The Bertz CT molecular complexity index is 464.